The van der Waals surface area contributed by atoms with Crippen LogP contribution in [0.15, 0.2) is 35.4 Å². The van der Waals surface area contributed by atoms with E-state index in [4.69, 9.17) is 16.3 Å². The molecular formula is C19H24ClN5O3S. The Hall–Kier alpha value is -1.94. The molecule has 156 valence electrons. The summed E-state index contributed by atoms with van der Waals surface area (Å²) in [4.78, 5) is 4.58. The summed E-state index contributed by atoms with van der Waals surface area (Å²) in [5.41, 5.74) is 1.54. The van der Waals surface area contributed by atoms with E-state index in [2.05, 4.69) is 20.0 Å². The van der Waals surface area contributed by atoms with Crippen molar-refractivity contribution in [2.24, 2.45) is 0 Å². The molecule has 0 unspecified atom stereocenters. The summed E-state index contributed by atoms with van der Waals surface area (Å²) in [5, 5.41) is 8.86. The fraction of sp³-hybridized carbons (Fsp3) is 0.474. The molecule has 2 saturated heterocycles. The molecule has 2 aliphatic rings. The first-order valence-corrected chi connectivity index (χ1v) is 11.4. The van der Waals surface area contributed by atoms with Gasteiger partial charge in [-0.15, -0.1) is 5.10 Å². The highest BCUT2D eigenvalue weighted by Gasteiger charge is 2.30. The van der Waals surface area contributed by atoms with E-state index in [0.717, 1.165) is 24.6 Å². The highest BCUT2D eigenvalue weighted by atomic mass is 35.5. The van der Waals surface area contributed by atoms with E-state index >= 15 is 0 Å². The van der Waals surface area contributed by atoms with Crippen LogP contribution in [0.1, 0.15) is 5.56 Å². The third-order valence-corrected chi connectivity index (χ3v) is 7.85. The highest BCUT2D eigenvalue weighted by molar-refractivity contribution is 7.89. The largest absolute Gasteiger partial charge is 0.378 e. The average Bonchev–Trinajstić information content (AvgIpc) is 2.76. The predicted octanol–water partition coefficient (Wildman–Crippen LogP) is 1.79. The molecule has 0 atom stereocenters. The number of ether oxygens (including phenoxy) is 1. The van der Waals surface area contributed by atoms with Crippen LogP contribution in [0.25, 0.3) is 0 Å². The van der Waals surface area contributed by atoms with E-state index in [1.54, 1.807) is 31.3 Å². The van der Waals surface area contributed by atoms with E-state index in [9.17, 15) is 8.42 Å². The molecule has 8 nitrogen and oxygen atoms in total. The number of benzene rings is 1. The van der Waals surface area contributed by atoms with Crippen LogP contribution in [-0.2, 0) is 14.8 Å². The molecule has 0 bridgehead atoms. The Morgan fingerprint density at radius 1 is 1.03 bits per heavy atom. The maximum absolute atomic E-state index is 13.1. The van der Waals surface area contributed by atoms with Crippen LogP contribution < -0.4 is 9.80 Å². The van der Waals surface area contributed by atoms with Crippen LogP contribution in [-0.4, -0.2) is 75.4 Å². The van der Waals surface area contributed by atoms with Crippen LogP contribution in [0, 0.1) is 6.92 Å². The Morgan fingerprint density at radius 2 is 1.76 bits per heavy atom. The molecule has 2 fully saturated rings. The Labute approximate surface area is 176 Å². The Balaban J connectivity index is 1.46. The van der Waals surface area contributed by atoms with Gasteiger partial charge in [-0.3, -0.25) is 0 Å². The molecule has 2 aromatic rings. The number of halogens is 1. The quantitative estimate of drug-likeness (QED) is 0.721. The Bertz CT molecular complexity index is 974. The van der Waals surface area contributed by atoms with Gasteiger partial charge in [0.05, 0.1) is 30.0 Å². The van der Waals surface area contributed by atoms with Gasteiger partial charge in [-0.2, -0.15) is 9.40 Å². The van der Waals surface area contributed by atoms with Crippen molar-refractivity contribution in [1.82, 2.24) is 14.5 Å². The number of piperazine rings is 1. The molecule has 3 heterocycles. The van der Waals surface area contributed by atoms with Crippen LogP contribution in [0.3, 0.4) is 0 Å². The van der Waals surface area contributed by atoms with Crippen molar-refractivity contribution in [3.05, 3.63) is 41.0 Å². The number of aromatic nitrogens is 2. The van der Waals surface area contributed by atoms with E-state index < -0.39 is 10.0 Å². The molecule has 0 spiro atoms. The summed E-state index contributed by atoms with van der Waals surface area (Å²) in [6.45, 7) is 6.69. The third kappa shape index (κ3) is 4.18. The van der Waals surface area contributed by atoms with Crippen molar-refractivity contribution in [3.8, 4) is 0 Å². The zero-order chi connectivity index (χ0) is 20.4. The lowest BCUT2D eigenvalue weighted by Gasteiger charge is -2.36. The average molecular weight is 438 g/mol. The number of morpholine rings is 1. The van der Waals surface area contributed by atoms with Gasteiger partial charge in [0.1, 0.15) is 0 Å². The molecule has 0 radical (unpaired) electrons. The first-order chi connectivity index (χ1) is 14.0. The molecular weight excluding hydrogens is 414 g/mol. The summed E-state index contributed by atoms with van der Waals surface area (Å²) < 4.78 is 33.1. The second-order valence-corrected chi connectivity index (χ2v) is 9.44. The molecule has 0 N–H and O–H groups in total. The van der Waals surface area contributed by atoms with Crippen molar-refractivity contribution in [2.75, 3.05) is 62.3 Å². The van der Waals surface area contributed by atoms with Crippen LogP contribution in [0.2, 0.25) is 5.02 Å². The molecule has 0 amide bonds. The second kappa shape index (κ2) is 8.43. The Morgan fingerprint density at radius 3 is 2.48 bits per heavy atom. The smallest absolute Gasteiger partial charge is 0.243 e. The summed E-state index contributed by atoms with van der Waals surface area (Å²) in [7, 11) is -3.57. The number of nitrogens with zero attached hydrogens (tertiary/aromatic N) is 5. The topological polar surface area (TPSA) is 78.9 Å². The molecule has 0 saturated carbocycles. The molecule has 29 heavy (non-hydrogen) atoms. The summed E-state index contributed by atoms with van der Waals surface area (Å²) in [6.07, 6.45) is 1.73. The maximum atomic E-state index is 13.1. The van der Waals surface area contributed by atoms with Crippen molar-refractivity contribution in [3.63, 3.8) is 0 Å². The van der Waals surface area contributed by atoms with Crippen molar-refractivity contribution < 1.29 is 13.2 Å². The first-order valence-electron chi connectivity index (χ1n) is 9.62. The van der Waals surface area contributed by atoms with E-state index in [-0.39, 0.29) is 4.90 Å². The molecule has 0 aliphatic carbocycles. The van der Waals surface area contributed by atoms with E-state index in [1.165, 1.54) is 4.31 Å². The molecule has 4 rings (SSSR count). The van der Waals surface area contributed by atoms with Crippen LogP contribution >= 0.6 is 11.6 Å². The van der Waals surface area contributed by atoms with Crippen molar-refractivity contribution in [2.45, 2.75) is 11.8 Å². The van der Waals surface area contributed by atoms with Crippen LogP contribution in [0.4, 0.5) is 11.5 Å². The minimum absolute atomic E-state index is 0.277. The fourth-order valence-electron chi connectivity index (χ4n) is 3.66. The maximum Gasteiger partial charge on any atom is 0.243 e. The van der Waals surface area contributed by atoms with Gasteiger partial charge in [-0.25, -0.2) is 8.42 Å². The monoisotopic (exact) mass is 437 g/mol. The fourth-order valence-corrected chi connectivity index (χ4v) is 5.56. The van der Waals surface area contributed by atoms with Gasteiger partial charge in [-0.05, 0) is 24.6 Å². The number of sulfonamides is 1. The van der Waals surface area contributed by atoms with Crippen LogP contribution in [0.5, 0.6) is 0 Å². The lowest BCUT2D eigenvalue weighted by molar-refractivity contribution is 0.122. The molecule has 2 aliphatic heterocycles. The SMILES string of the molecule is Cc1c(Cl)cccc1S(=O)(=O)N1CCN(c2cnnc(N3CCOCC3)c2)CC1. The number of hydrogen-bond acceptors (Lipinski definition) is 7. The summed E-state index contributed by atoms with van der Waals surface area (Å²) in [6, 6.07) is 7.01. The highest BCUT2D eigenvalue weighted by Crippen LogP contribution is 2.27. The zero-order valence-electron chi connectivity index (χ0n) is 16.3. The minimum Gasteiger partial charge on any atom is -0.378 e. The zero-order valence-corrected chi connectivity index (χ0v) is 17.9. The number of rotatable bonds is 4. The normalized spacial score (nSPS) is 18.8. The molecule has 1 aromatic heterocycles. The third-order valence-electron chi connectivity index (χ3n) is 5.40. The summed E-state index contributed by atoms with van der Waals surface area (Å²) >= 11 is 6.13. The minimum atomic E-state index is -3.57. The second-order valence-electron chi connectivity index (χ2n) is 7.13. The van der Waals surface area contributed by atoms with Gasteiger partial charge < -0.3 is 14.5 Å². The van der Waals surface area contributed by atoms with Gasteiger partial charge in [0, 0.05) is 50.4 Å². The van der Waals surface area contributed by atoms with Gasteiger partial charge in [0.15, 0.2) is 5.82 Å². The van der Waals surface area contributed by atoms with Crippen molar-refractivity contribution in [1.29, 1.82) is 0 Å². The van der Waals surface area contributed by atoms with E-state index in [0.29, 0.717) is 50.0 Å². The van der Waals surface area contributed by atoms with Crippen molar-refractivity contribution >= 4 is 33.1 Å². The molecule has 1 aromatic carbocycles. The number of hydrogen-bond donors (Lipinski definition) is 0. The van der Waals surface area contributed by atoms with Gasteiger partial charge in [0.2, 0.25) is 10.0 Å². The standard InChI is InChI=1S/C19H24ClN5O3S/c1-15-17(20)3-2-4-18(15)29(26,27)25-7-5-23(6-8-25)16-13-19(22-21-14-16)24-9-11-28-12-10-24/h2-4,13-14H,5-12H2,1H3. The van der Waals surface area contributed by atoms with Gasteiger partial charge in [-0.1, -0.05) is 17.7 Å². The predicted molar refractivity (Wildman–Crippen MR) is 112 cm³/mol. The number of anilines is 2. The summed E-state index contributed by atoms with van der Waals surface area (Å²) in [5.74, 6) is 0.829. The molecule has 10 heteroatoms. The van der Waals surface area contributed by atoms with Gasteiger partial charge in [0.25, 0.3) is 0 Å². The van der Waals surface area contributed by atoms with E-state index in [1.807, 2.05) is 6.07 Å². The first kappa shape index (κ1) is 20.3. The van der Waals surface area contributed by atoms with Gasteiger partial charge >= 0.3 is 0 Å². The lowest BCUT2D eigenvalue weighted by Crippen LogP contribution is -2.49. The lowest BCUT2D eigenvalue weighted by atomic mass is 10.2. The Kier molecular flexibility index (Phi) is 5.91.